The highest BCUT2D eigenvalue weighted by Gasteiger charge is 2.08. The summed E-state index contributed by atoms with van der Waals surface area (Å²) in [4.78, 5) is 1.97. The third kappa shape index (κ3) is 4.32. The lowest BCUT2D eigenvalue weighted by atomic mass is 10.2. The van der Waals surface area contributed by atoms with Crippen LogP contribution >= 0.6 is 0 Å². The highest BCUT2D eigenvalue weighted by atomic mass is 19.1. The second-order valence-corrected chi connectivity index (χ2v) is 4.23. The van der Waals surface area contributed by atoms with E-state index >= 15 is 0 Å². The van der Waals surface area contributed by atoms with Crippen molar-refractivity contribution in [2.75, 3.05) is 20.7 Å². The van der Waals surface area contributed by atoms with Gasteiger partial charge in [-0.2, -0.15) is 0 Å². The van der Waals surface area contributed by atoms with Crippen molar-refractivity contribution < 1.29 is 14.2 Å². The first-order chi connectivity index (χ1) is 8.06. The molecule has 1 rings (SSSR count). The van der Waals surface area contributed by atoms with Crippen LogP contribution in [-0.2, 0) is 6.54 Å². The zero-order chi connectivity index (χ0) is 12.8. The van der Waals surface area contributed by atoms with Gasteiger partial charge in [0, 0.05) is 13.1 Å². The molecule has 0 aliphatic heterocycles. The Balaban J connectivity index is 2.59. The van der Waals surface area contributed by atoms with Crippen molar-refractivity contribution in [1.82, 2.24) is 4.90 Å². The maximum absolute atomic E-state index is 13.4. The minimum Gasteiger partial charge on any atom is -0.494 e. The first kappa shape index (κ1) is 13.9. The van der Waals surface area contributed by atoms with E-state index in [2.05, 4.69) is 0 Å². The van der Waals surface area contributed by atoms with E-state index in [0.717, 1.165) is 12.0 Å². The Hall–Kier alpha value is -1.13. The standard InChI is InChI=1S/C13H20FNO2/c1-4-11(16)9-15(2)8-10-5-6-13(17-3)12(14)7-10/h5-7,11,16H,4,8-9H2,1-3H3. The fraction of sp³-hybridized carbons (Fsp3) is 0.538. The highest BCUT2D eigenvalue weighted by molar-refractivity contribution is 5.29. The summed E-state index contributed by atoms with van der Waals surface area (Å²) in [6, 6.07) is 4.92. The van der Waals surface area contributed by atoms with Crippen LogP contribution in [-0.4, -0.2) is 36.8 Å². The fourth-order valence-electron chi connectivity index (χ4n) is 1.67. The average Bonchev–Trinajstić information content (AvgIpc) is 2.29. The molecule has 1 N–H and O–H groups in total. The summed E-state index contributed by atoms with van der Waals surface area (Å²) in [5, 5.41) is 9.51. The zero-order valence-corrected chi connectivity index (χ0v) is 10.6. The number of methoxy groups -OCH3 is 1. The Morgan fingerprint density at radius 3 is 2.71 bits per heavy atom. The molecule has 17 heavy (non-hydrogen) atoms. The predicted molar refractivity (Wildman–Crippen MR) is 65.6 cm³/mol. The Bertz CT molecular complexity index is 357. The number of benzene rings is 1. The van der Waals surface area contributed by atoms with E-state index in [-0.39, 0.29) is 17.7 Å². The van der Waals surface area contributed by atoms with E-state index in [0.29, 0.717) is 13.1 Å². The summed E-state index contributed by atoms with van der Waals surface area (Å²) < 4.78 is 18.3. The lowest BCUT2D eigenvalue weighted by Crippen LogP contribution is -2.28. The molecule has 1 aromatic carbocycles. The van der Waals surface area contributed by atoms with Gasteiger partial charge in [0.2, 0.25) is 0 Å². The maximum Gasteiger partial charge on any atom is 0.165 e. The van der Waals surface area contributed by atoms with E-state index < -0.39 is 0 Å². The van der Waals surface area contributed by atoms with Crippen molar-refractivity contribution in [2.45, 2.75) is 26.0 Å². The normalized spacial score (nSPS) is 12.8. The lowest BCUT2D eigenvalue weighted by molar-refractivity contribution is 0.119. The molecule has 0 saturated carbocycles. The molecule has 0 spiro atoms. The number of aliphatic hydroxyl groups excluding tert-OH is 1. The van der Waals surface area contributed by atoms with E-state index in [9.17, 15) is 9.50 Å². The Labute approximate surface area is 102 Å². The van der Waals surface area contributed by atoms with Gasteiger partial charge in [0.1, 0.15) is 0 Å². The number of halogens is 1. The summed E-state index contributed by atoms with van der Waals surface area (Å²) in [5.74, 6) is -0.0977. The summed E-state index contributed by atoms with van der Waals surface area (Å²) >= 11 is 0. The van der Waals surface area contributed by atoms with Gasteiger partial charge in [-0.25, -0.2) is 4.39 Å². The van der Waals surface area contributed by atoms with Gasteiger partial charge >= 0.3 is 0 Å². The molecule has 0 aliphatic rings. The van der Waals surface area contributed by atoms with Gasteiger partial charge in [-0.1, -0.05) is 13.0 Å². The number of ether oxygens (including phenoxy) is 1. The van der Waals surface area contributed by atoms with Gasteiger partial charge in [-0.15, -0.1) is 0 Å². The van der Waals surface area contributed by atoms with Gasteiger partial charge < -0.3 is 9.84 Å². The average molecular weight is 241 g/mol. The van der Waals surface area contributed by atoms with Crippen molar-refractivity contribution >= 4 is 0 Å². The summed E-state index contributed by atoms with van der Waals surface area (Å²) in [5.41, 5.74) is 0.870. The Kier molecular flexibility index (Phi) is 5.38. The summed E-state index contributed by atoms with van der Waals surface area (Å²) in [7, 11) is 3.35. The first-order valence-electron chi connectivity index (χ1n) is 5.75. The van der Waals surface area contributed by atoms with E-state index in [1.165, 1.54) is 13.2 Å². The highest BCUT2D eigenvalue weighted by Crippen LogP contribution is 2.18. The molecule has 4 heteroatoms. The molecule has 0 radical (unpaired) electrons. The Morgan fingerprint density at radius 2 is 2.18 bits per heavy atom. The molecule has 0 aromatic heterocycles. The van der Waals surface area contributed by atoms with Crippen LogP contribution < -0.4 is 4.74 Å². The molecular formula is C13H20FNO2. The quantitative estimate of drug-likeness (QED) is 0.827. The van der Waals surface area contributed by atoms with Crippen molar-refractivity contribution in [3.8, 4) is 5.75 Å². The summed E-state index contributed by atoms with van der Waals surface area (Å²) in [6.07, 6.45) is 0.393. The SMILES string of the molecule is CCC(O)CN(C)Cc1ccc(OC)c(F)c1. The van der Waals surface area contributed by atoms with Crippen LogP contribution in [0.5, 0.6) is 5.75 Å². The third-order valence-corrected chi connectivity index (χ3v) is 2.66. The van der Waals surface area contributed by atoms with Crippen LogP contribution in [0.3, 0.4) is 0 Å². The van der Waals surface area contributed by atoms with Crippen LogP contribution in [0.2, 0.25) is 0 Å². The fourth-order valence-corrected chi connectivity index (χ4v) is 1.67. The van der Waals surface area contributed by atoms with Crippen LogP contribution in [0.1, 0.15) is 18.9 Å². The summed E-state index contributed by atoms with van der Waals surface area (Å²) in [6.45, 7) is 3.13. The topological polar surface area (TPSA) is 32.7 Å². The molecule has 1 atom stereocenters. The van der Waals surface area contributed by atoms with Gasteiger partial charge in [0.05, 0.1) is 13.2 Å². The molecule has 1 unspecified atom stereocenters. The zero-order valence-electron chi connectivity index (χ0n) is 10.6. The van der Waals surface area contributed by atoms with Gasteiger partial charge in [0.15, 0.2) is 11.6 Å². The van der Waals surface area contributed by atoms with Crippen LogP contribution in [0.4, 0.5) is 4.39 Å². The van der Waals surface area contributed by atoms with E-state index in [1.807, 2.05) is 24.9 Å². The van der Waals surface area contributed by atoms with Gasteiger partial charge in [-0.3, -0.25) is 4.90 Å². The lowest BCUT2D eigenvalue weighted by Gasteiger charge is -2.19. The van der Waals surface area contributed by atoms with Gasteiger partial charge in [0.25, 0.3) is 0 Å². The van der Waals surface area contributed by atoms with Crippen molar-refractivity contribution in [1.29, 1.82) is 0 Å². The molecule has 3 nitrogen and oxygen atoms in total. The largest absolute Gasteiger partial charge is 0.494 e. The molecule has 0 bridgehead atoms. The predicted octanol–water partition coefficient (Wildman–Crippen LogP) is 2.04. The third-order valence-electron chi connectivity index (χ3n) is 2.66. The monoisotopic (exact) mass is 241 g/mol. The van der Waals surface area contributed by atoms with Crippen LogP contribution in [0, 0.1) is 5.82 Å². The minimum absolute atomic E-state index is 0.255. The van der Waals surface area contributed by atoms with Crippen molar-refractivity contribution in [3.05, 3.63) is 29.6 Å². The van der Waals surface area contributed by atoms with Crippen molar-refractivity contribution in [2.24, 2.45) is 0 Å². The molecule has 0 heterocycles. The number of likely N-dealkylation sites (N-methyl/N-ethyl adjacent to an activating group) is 1. The second kappa shape index (κ2) is 6.57. The van der Waals surface area contributed by atoms with Crippen LogP contribution in [0.25, 0.3) is 0 Å². The Morgan fingerprint density at radius 1 is 1.47 bits per heavy atom. The molecule has 1 aromatic rings. The van der Waals surface area contributed by atoms with E-state index in [4.69, 9.17) is 4.74 Å². The number of rotatable bonds is 6. The molecule has 0 saturated heterocycles. The van der Waals surface area contributed by atoms with E-state index in [1.54, 1.807) is 6.07 Å². The number of hydrogen-bond acceptors (Lipinski definition) is 3. The molecule has 0 fully saturated rings. The number of aliphatic hydroxyl groups is 1. The molecule has 96 valence electrons. The smallest absolute Gasteiger partial charge is 0.165 e. The first-order valence-corrected chi connectivity index (χ1v) is 5.75. The van der Waals surface area contributed by atoms with Crippen LogP contribution in [0.15, 0.2) is 18.2 Å². The molecule has 0 amide bonds. The second-order valence-electron chi connectivity index (χ2n) is 4.23. The number of nitrogens with zero attached hydrogens (tertiary/aromatic N) is 1. The molecular weight excluding hydrogens is 221 g/mol. The number of hydrogen-bond donors (Lipinski definition) is 1. The molecule has 0 aliphatic carbocycles. The van der Waals surface area contributed by atoms with Gasteiger partial charge in [-0.05, 0) is 31.2 Å². The minimum atomic E-state index is -0.352. The van der Waals surface area contributed by atoms with Crippen molar-refractivity contribution in [3.63, 3.8) is 0 Å². The maximum atomic E-state index is 13.4.